The van der Waals surface area contributed by atoms with Gasteiger partial charge in [-0.2, -0.15) is 8.78 Å². The van der Waals surface area contributed by atoms with Gasteiger partial charge in [-0.25, -0.2) is 0 Å². The Balaban J connectivity index is 2.02. The van der Waals surface area contributed by atoms with Gasteiger partial charge in [0.05, 0.1) is 6.54 Å². The van der Waals surface area contributed by atoms with Crippen LogP contribution in [0.3, 0.4) is 0 Å². The molecule has 1 heterocycles. The molecule has 2 nitrogen and oxygen atoms in total. The molecule has 4 heteroatoms. The Morgan fingerprint density at radius 1 is 0.952 bits per heavy atom. The Bertz CT molecular complexity index is 748. The SMILES string of the molecule is NCc1cn(CC(F)(F)c2ccccc2)c2ccccc12. The van der Waals surface area contributed by atoms with Crippen molar-refractivity contribution in [2.75, 3.05) is 0 Å². The van der Waals surface area contributed by atoms with E-state index in [-0.39, 0.29) is 5.56 Å². The smallest absolute Gasteiger partial charge is 0.290 e. The van der Waals surface area contributed by atoms with Crippen molar-refractivity contribution in [2.45, 2.75) is 19.0 Å². The highest BCUT2D eigenvalue weighted by atomic mass is 19.3. The minimum absolute atomic E-state index is 0.0251. The number of nitrogens with two attached hydrogens (primary N) is 1. The highest BCUT2D eigenvalue weighted by Gasteiger charge is 2.32. The van der Waals surface area contributed by atoms with Crippen LogP contribution in [0.25, 0.3) is 10.9 Å². The molecule has 108 valence electrons. The van der Waals surface area contributed by atoms with E-state index >= 15 is 0 Å². The van der Waals surface area contributed by atoms with Gasteiger partial charge in [-0.3, -0.25) is 0 Å². The first-order valence-corrected chi connectivity index (χ1v) is 6.82. The summed E-state index contributed by atoms with van der Waals surface area (Å²) in [6.07, 6.45) is 1.72. The lowest BCUT2D eigenvalue weighted by molar-refractivity contribution is -0.0211. The van der Waals surface area contributed by atoms with Gasteiger partial charge in [-0.05, 0) is 11.6 Å². The first-order valence-electron chi connectivity index (χ1n) is 6.82. The quantitative estimate of drug-likeness (QED) is 0.775. The van der Waals surface area contributed by atoms with Crippen LogP contribution in [0.4, 0.5) is 8.78 Å². The van der Waals surface area contributed by atoms with E-state index in [1.807, 2.05) is 24.3 Å². The van der Waals surface area contributed by atoms with Crippen molar-refractivity contribution in [2.24, 2.45) is 5.73 Å². The summed E-state index contributed by atoms with van der Waals surface area (Å²) in [5, 5.41) is 0.934. The average Bonchev–Trinajstić information content (AvgIpc) is 2.86. The van der Waals surface area contributed by atoms with Crippen LogP contribution in [0.1, 0.15) is 11.1 Å². The summed E-state index contributed by atoms with van der Waals surface area (Å²) >= 11 is 0. The Morgan fingerprint density at radius 3 is 2.33 bits per heavy atom. The first kappa shape index (κ1) is 13.8. The van der Waals surface area contributed by atoms with Crippen LogP contribution in [0.2, 0.25) is 0 Å². The van der Waals surface area contributed by atoms with E-state index in [1.165, 1.54) is 12.1 Å². The van der Waals surface area contributed by atoms with Gasteiger partial charge in [0.2, 0.25) is 0 Å². The zero-order chi connectivity index (χ0) is 14.9. The number of benzene rings is 2. The topological polar surface area (TPSA) is 30.9 Å². The van der Waals surface area contributed by atoms with Crippen LogP contribution in [0.15, 0.2) is 60.8 Å². The third-order valence-corrected chi connectivity index (χ3v) is 3.66. The Morgan fingerprint density at radius 2 is 1.62 bits per heavy atom. The molecule has 0 aliphatic heterocycles. The number of alkyl halides is 2. The summed E-state index contributed by atoms with van der Waals surface area (Å²) in [7, 11) is 0. The number of nitrogens with zero attached hydrogens (tertiary/aromatic N) is 1. The molecule has 2 aromatic carbocycles. The van der Waals surface area contributed by atoms with Crippen LogP contribution in [0, 0.1) is 0 Å². The van der Waals surface area contributed by atoms with Crippen LogP contribution >= 0.6 is 0 Å². The lowest BCUT2D eigenvalue weighted by Gasteiger charge is -2.18. The molecule has 1 aromatic heterocycles. The number of hydrogen-bond donors (Lipinski definition) is 1. The Kier molecular flexibility index (Phi) is 3.47. The van der Waals surface area contributed by atoms with E-state index in [1.54, 1.807) is 29.0 Å². The molecule has 0 aliphatic carbocycles. The number of rotatable bonds is 4. The van der Waals surface area contributed by atoms with Crippen molar-refractivity contribution in [3.8, 4) is 0 Å². The fourth-order valence-electron chi connectivity index (χ4n) is 2.60. The van der Waals surface area contributed by atoms with Gasteiger partial charge < -0.3 is 10.3 Å². The molecule has 0 saturated carbocycles. The van der Waals surface area contributed by atoms with Gasteiger partial charge in [0.1, 0.15) is 0 Å². The highest BCUT2D eigenvalue weighted by molar-refractivity contribution is 5.83. The maximum Gasteiger partial charge on any atom is 0.290 e. The minimum Gasteiger partial charge on any atom is -0.341 e. The molecule has 0 atom stereocenters. The van der Waals surface area contributed by atoms with Gasteiger partial charge in [0, 0.05) is 29.2 Å². The molecule has 3 aromatic rings. The van der Waals surface area contributed by atoms with Gasteiger partial charge in [-0.1, -0.05) is 48.5 Å². The maximum absolute atomic E-state index is 14.4. The van der Waals surface area contributed by atoms with Crippen molar-refractivity contribution in [1.82, 2.24) is 4.57 Å². The second kappa shape index (κ2) is 5.30. The molecular weight excluding hydrogens is 270 g/mol. The maximum atomic E-state index is 14.4. The molecular formula is C17H16F2N2. The van der Waals surface area contributed by atoms with Crippen LogP contribution in [-0.2, 0) is 19.0 Å². The fourth-order valence-corrected chi connectivity index (χ4v) is 2.60. The van der Waals surface area contributed by atoms with E-state index < -0.39 is 12.5 Å². The van der Waals surface area contributed by atoms with Crippen molar-refractivity contribution < 1.29 is 8.78 Å². The van der Waals surface area contributed by atoms with Crippen LogP contribution in [-0.4, -0.2) is 4.57 Å². The molecule has 0 bridgehead atoms. The molecule has 0 radical (unpaired) electrons. The second-order valence-corrected chi connectivity index (χ2v) is 5.07. The zero-order valence-corrected chi connectivity index (χ0v) is 11.5. The average molecular weight is 286 g/mol. The predicted molar refractivity (Wildman–Crippen MR) is 80.2 cm³/mol. The van der Waals surface area contributed by atoms with E-state index in [4.69, 9.17) is 5.73 Å². The van der Waals surface area contributed by atoms with Gasteiger partial charge in [0.25, 0.3) is 5.92 Å². The second-order valence-electron chi connectivity index (χ2n) is 5.07. The lowest BCUT2D eigenvalue weighted by atomic mass is 10.1. The molecule has 0 aliphatic rings. The first-order chi connectivity index (χ1) is 10.1. The summed E-state index contributed by atoms with van der Waals surface area (Å²) in [6.45, 7) is -0.0536. The number of hydrogen-bond acceptors (Lipinski definition) is 1. The Labute approximate surface area is 121 Å². The number of aromatic nitrogens is 1. The van der Waals surface area contributed by atoms with Crippen molar-refractivity contribution in [3.63, 3.8) is 0 Å². The molecule has 3 rings (SSSR count). The molecule has 2 N–H and O–H groups in total. The third kappa shape index (κ3) is 2.54. The molecule has 0 unspecified atom stereocenters. The minimum atomic E-state index is -2.92. The molecule has 0 amide bonds. The third-order valence-electron chi connectivity index (χ3n) is 3.66. The van der Waals surface area contributed by atoms with Crippen molar-refractivity contribution >= 4 is 10.9 Å². The molecule has 21 heavy (non-hydrogen) atoms. The monoisotopic (exact) mass is 286 g/mol. The normalized spacial score (nSPS) is 12.0. The number of halogens is 2. The van der Waals surface area contributed by atoms with Gasteiger partial charge in [0.15, 0.2) is 0 Å². The van der Waals surface area contributed by atoms with Crippen LogP contribution in [0.5, 0.6) is 0 Å². The van der Waals surface area contributed by atoms with Gasteiger partial charge >= 0.3 is 0 Å². The van der Waals surface area contributed by atoms with Crippen molar-refractivity contribution in [1.29, 1.82) is 0 Å². The summed E-state index contributed by atoms with van der Waals surface area (Å²) in [4.78, 5) is 0. The van der Waals surface area contributed by atoms with E-state index in [2.05, 4.69) is 0 Å². The largest absolute Gasteiger partial charge is 0.341 e. The fraction of sp³-hybridized carbons (Fsp3) is 0.176. The standard InChI is InChI=1S/C17H16F2N2/c18-17(19,14-6-2-1-3-7-14)12-21-11-13(10-20)15-8-4-5-9-16(15)21/h1-9,11H,10,12,20H2. The Hall–Kier alpha value is -2.20. The predicted octanol–water partition coefficient (Wildman–Crippen LogP) is 3.89. The van der Waals surface area contributed by atoms with Gasteiger partial charge in [-0.15, -0.1) is 0 Å². The van der Waals surface area contributed by atoms with E-state index in [9.17, 15) is 8.78 Å². The van der Waals surface area contributed by atoms with E-state index in [0.29, 0.717) is 6.54 Å². The summed E-state index contributed by atoms with van der Waals surface area (Å²) < 4.78 is 30.4. The molecule has 0 saturated heterocycles. The number of fused-ring (bicyclic) bond motifs is 1. The summed E-state index contributed by atoms with van der Waals surface area (Å²) in [5.74, 6) is -2.92. The molecule has 0 spiro atoms. The van der Waals surface area contributed by atoms with Crippen molar-refractivity contribution in [3.05, 3.63) is 71.9 Å². The van der Waals surface area contributed by atoms with E-state index in [0.717, 1.165) is 16.5 Å². The lowest BCUT2D eigenvalue weighted by Crippen LogP contribution is -2.20. The summed E-state index contributed by atoms with van der Waals surface area (Å²) in [5.41, 5.74) is 7.40. The highest BCUT2D eigenvalue weighted by Crippen LogP contribution is 2.32. The number of para-hydroxylation sites is 1. The van der Waals surface area contributed by atoms with Crippen LogP contribution < -0.4 is 5.73 Å². The zero-order valence-electron chi connectivity index (χ0n) is 11.5. The molecule has 0 fully saturated rings. The summed E-state index contributed by atoms with van der Waals surface area (Å²) in [6, 6.07) is 15.4.